The van der Waals surface area contributed by atoms with Gasteiger partial charge in [-0.15, -0.1) is 4.40 Å². The van der Waals surface area contributed by atoms with Crippen molar-refractivity contribution in [2.24, 2.45) is 10.1 Å². The third kappa shape index (κ3) is 2.12. The maximum absolute atomic E-state index is 11.3. The molecule has 0 radical (unpaired) electrons. The highest BCUT2D eigenvalue weighted by Crippen LogP contribution is 2.36. The van der Waals surface area contributed by atoms with E-state index in [1.54, 1.807) is 18.2 Å². The molecule has 1 aromatic carbocycles. The number of methoxy groups -OCH3 is 2. The van der Waals surface area contributed by atoms with Gasteiger partial charge in [0.15, 0.2) is 11.5 Å². The first-order chi connectivity index (χ1) is 8.48. The molecule has 3 N–H and O–H groups in total. The van der Waals surface area contributed by atoms with Crippen molar-refractivity contribution in [1.82, 2.24) is 4.72 Å². The molecular weight excluding hydrogens is 258 g/mol. The number of ether oxygens (including phenoxy) is 2. The van der Waals surface area contributed by atoms with Gasteiger partial charge in [-0.1, -0.05) is 12.1 Å². The summed E-state index contributed by atoms with van der Waals surface area (Å²) in [4.78, 5) is 0. The summed E-state index contributed by atoms with van der Waals surface area (Å²) in [7, 11) is -0.752. The van der Waals surface area contributed by atoms with Crippen LogP contribution in [0, 0.1) is 0 Å². The molecule has 8 heteroatoms. The number of nitrogens with one attached hydrogen (secondary N) is 1. The highest BCUT2D eigenvalue weighted by Gasteiger charge is 2.32. The molecule has 1 aliphatic rings. The molecule has 7 nitrogen and oxygen atoms in total. The first kappa shape index (κ1) is 12.7. The monoisotopic (exact) mass is 271 g/mol. The van der Waals surface area contributed by atoms with Crippen LogP contribution in [0.4, 0.5) is 0 Å². The summed E-state index contributed by atoms with van der Waals surface area (Å²) >= 11 is 0. The molecule has 1 aromatic rings. The van der Waals surface area contributed by atoms with Gasteiger partial charge in [0.25, 0.3) is 0 Å². The number of rotatable bonds is 3. The second-order valence-electron chi connectivity index (χ2n) is 3.62. The van der Waals surface area contributed by atoms with Crippen molar-refractivity contribution < 1.29 is 17.9 Å². The van der Waals surface area contributed by atoms with Crippen LogP contribution < -0.4 is 19.9 Å². The highest BCUT2D eigenvalue weighted by atomic mass is 32.2. The summed E-state index contributed by atoms with van der Waals surface area (Å²) in [5.41, 5.74) is 6.17. The SMILES string of the molecule is COc1cccc([C@H]2NS(=O)(=O)N=C2N)c1OC. The molecule has 0 aromatic heterocycles. The molecule has 1 atom stereocenters. The minimum absolute atomic E-state index is 0.0263. The van der Waals surface area contributed by atoms with E-state index in [2.05, 4.69) is 9.12 Å². The third-order valence-electron chi connectivity index (χ3n) is 2.53. The van der Waals surface area contributed by atoms with Gasteiger partial charge in [0.2, 0.25) is 0 Å². The Morgan fingerprint density at radius 1 is 1.33 bits per heavy atom. The van der Waals surface area contributed by atoms with E-state index in [-0.39, 0.29) is 5.84 Å². The van der Waals surface area contributed by atoms with E-state index in [0.717, 1.165) is 0 Å². The van der Waals surface area contributed by atoms with Crippen LogP contribution in [0.2, 0.25) is 0 Å². The zero-order chi connectivity index (χ0) is 13.3. The normalized spacial score (nSPS) is 21.4. The zero-order valence-corrected chi connectivity index (χ0v) is 10.7. The molecule has 0 amide bonds. The number of nitrogens with zero attached hydrogens (tertiary/aromatic N) is 1. The van der Waals surface area contributed by atoms with Gasteiger partial charge in [-0.25, -0.2) is 0 Å². The molecular formula is C10H13N3O4S. The van der Waals surface area contributed by atoms with Crippen molar-refractivity contribution in [3.8, 4) is 11.5 Å². The standard InChI is InChI=1S/C10H13N3O4S/c1-16-7-5-3-4-6(9(7)17-2)8-10(11)13-18(14,15)12-8/h3-5,8,12H,1-2H3,(H2,11,13)/t8-/m1/s1. The van der Waals surface area contributed by atoms with E-state index in [1.165, 1.54) is 14.2 Å². The molecule has 0 fully saturated rings. The Labute approximate surface area is 105 Å². The number of benzene rings is 1. The van der Waals surface area contributed by atoms with Crippen LogP contribution in [0.15, 0.2) is 22.6 Å². The lowest BCUT2D eigenvalue weighted by Crippen LogP contribution is -2.28. The molecule has 2 rings (SSSR count). The Hall–Kier alpha value is -1.80. The van der Waals surface area contributed by atoms with Crippen LogP contribution in [0.3, 0.4) is 0 Å². The third-order valence-corrected chi connectivity index (χ3v) is 3.52. The van der Waals surface area contributed by atoms with E-state index in [4.69, 9.17) is 15.2 Å². The van der Waals surface area contributed by atoms with Gasteiger partial charge in [0.1, 0.15) is 11.9 Å². The highest BCUT2D eigenvalue weighted by molar-refractivity contribution is 7.88. The number of amidine groups is 1. The molecule has 0 spiro atoms. The second kappa shape index (κ2) is 4.46. The largest absolute Gasteiger partial charge is 0.493 e. The number of hydrogen-bond acceptors (Lipinski definition) is 5. The first-order valence-corrected chi connectivity index (χ1v) is 6.51. The van der Waals surface area contributed by atoms with Gasteiger partial charge in [0, 0.05) is 5.56 Å². The Morgan fingerprint density at radius 3 is 2.56 bits per heavy atom. The number of nitrogens with two attached hydrogens (primary N) is 1. The van der Waals surface area contributed by atoms with Crippen LogP contribution in [0.1, 0.15) is 11.6 Å². The average Bonchev–Trinajstić information content (AvgIpc) is 2.61. The van der Waals surface area contributed by atoms with Crippen LogP contribution >= 0.6 is 0 Å². The first-order valence-electron chi connectivity index (χ1n) is 5.07. The van der Waals surface area contributed by atoms with Gasteiger partial charge in [-0.2, -0.15) is 13.1 Å². The van der Waals surface area contributed by atoms with Crippen molar-refractivity contribution in [3.63, 3.8) is 0 Å². The quantitative estimate of drug-likeness (QED) is 0.802. The summed E-state index contributed by atoms with van der Waals surface area (Å²) in [5.74, 6) is 0.892. The lowest BCUT2D eigenvalue weighted by Gasteiger charge is -2.16. The van der Waals surface area contributed by atoms with Gasteiger partial charge in [-0.05, 0) is 6.07 Å². The van der Waals surface area contributed by atoms with Crippen molar-refractivity contribution in [2.75, 3.05) is 14.2 Å². The van der Waals surface area contributed by atoms with Gasteiger partial charge < -0.3 is 15.2 Å². The summed E-state index contributed by atoms with van der Waals surface area (Å²) < 4.78 is 38.7. The predicted octanol–water partition coefficient (Wildman–Crippen LogP) is -0.0499. The van der Waals surface area contributed by atoms with E-state index >= 15 is 0 Å². The fraction of sp³-hybridized carbons (Fsp3) is 0.300. The van der Waals surface area contributed by atoms with Crippen molar-refractivity contribution in [2.45, 2.75) is 6.04 Å². The van der Waals surface area contributed by atoms with E-state index in [1.807, 2.05) is 0 Å². The molecule has 0 unspecified atom stereocenters. The topological polar surface area (TPSA) is 103 Å². The summed E-state index contributed by atoms with van der Waals surface area (Å²) in [5, 5.41) is 0. The zero-order valence-electron chi connectivity index (χ0n) is 9.88. The van der Waals surface area contributed by atoms with Gasteiger partial charge >= 0.3 is 10.2 Å². The van der Waals surface area contributed by atoms with Crippen molar-refractivity contribution in [1.29, 1.82) is 0 Å². The van der Waals surface area contributed by atoms with Crippen LogP contribution in [-0.4, -0.2) is 28.5 Å². The molecule has 1 heterocycles. The Bertz CT molecular complexity index is 597. The van der Waals surface area contributed by atoms with Gasteiger partial charge in [0.05, 0.1) is 14.2 Å². The summed E-state index contributed by atoms with van der Waals surface area (Å²) in [6, 6.07) is 4.39. The molecule has 98 valence electrons. The van der Waals surface area contributed by atoms with E-state index in [0.29, 0.717) is 17.1 Å². The predicted molar refractivity (Wildman–Crippen MR) is 66.0 cm³/mol. The molecule has 1 aliphatic heterocycles. The van der Waals surface area contributed by atoms with Gasteiger partial charge in [-0.3, -0.25) is 0 Å². The minimum atomic E-state index is -3.72. The average molecular weight is 271 g/mol. The molecule has 0 aliphatic carbocycles. The second-order valence-corrected chi connectivity index (χ2v) is 4.99. The molecule has 0 bridgehead atoms. The van der Waals surface area contributed by atoms with Crippen LogP contribution in [0.5, 0.6) is 11.5 Å². The van der Waals surface area contributed by atoms with Crippen LogP contribution in [0.25, 0.3) is 0 Å². The summed E-state index contributed by atoms with van der Waals surface area (Å²) in [6.45, 7) is 0. The number of para-hydroxylation sites is 1. The maximum atomic E-state index is 11.3. The van der Waals surface area contributed by atoms with Crippen molar-refractivity contribution >= 4 is 16.0 Å². The number of hydrogen-bond donors (Lipinski definition) is 2. The molecule has 0 saturated heterocycles. The smallest absolute Gasteiger partial charge is 0.322 e. The lowest BCUT2D eigenvalue weighted by molar-refractivity contribution is 0.351. The Kier molecular flexibility index (Phi) is 3.14. The van der Waals surface area contributed by atoms with Crippen molar-refractivity contribution in [3.05, 3.63) is 23.8 Å². The maximum Gasteiger partial charge on any atom is 0.322 e. The fourth-order valence-electron chi connectivity index (χ4n) is 1.79. The summed E-state index contributed by atoms with van der Waals surface area (Å²) in [6.07, 6.45) is 0. The van der Waals surface area contributed by atoms with E-state index < -0.39 is 16.3 Å². The Morgan fingerprint density at radius 2 is 2.06 bits per heavy atom. The molecule has 0 saturated carbocycles. The lowest BCUT2D eigenvalue weighted by atomic mass is 10.1. The molecule has 18 heavy (non-hydrogen) atoms. The minimum Gasteiger partial charge on any atom is -0.493 e. The van der Waals surface area contributed by atoms with E-state index in [9.17, 15) is 8.42 Å². The fourth-order valence-corrected chi connectivity index (χ4v) is 2.77. The Balaban J connectivity index is 2.50. The van der Waals surface area contributed by atoms with Crippen LogP contribution in [-0.2, 0) is 10.2 Å².